The van der Waals surface area contributed by atoms with Gasteiger partial charge >= 0.3 is 0 Å². The lowest BCUT2D eigenvalue weighted by atomic mass is 10.2. The van der Waals surface area contributed by atoms with E-state index < -0.39 is 0 Å². The number of hydrogen-bond acceptors (Lipinski definition) is 8. The molecule has 3 aliphatic rings. The molecule has 0 spiro atoms. The van der Waals surface area contributed by atoms with E-state index in [0.29, 0.717) is 33.0 Å². The quantitative estimate of drug-likeness (QED) is 0.434. The zero-order valence-electron chi connectivity index (χ0n) is 15.7. The molecular weight excluding hydrogens is 434 g/mol. The molecule has 28 heavy (non-hydrogen) atoms. The van der Waals surface area contributed by atoms with Crippen LogP contribution < -0.4 is 0 Å². The van der Waals surface area contributed by atoms with Crippen LogP contribution in [0.15, 0.2) is 41.5 Å². The molecule has 1 fully saturated rings. The summed E-state index contributed by atoms with van der Waals surface area (Å²) in [5.41, 5.74) is 0. The molecule has 0 aliphatic carbocycles. The fourth-order valence-corrected chi connectivity index (χ4v) is 7.65. The van der Waals surface area contributed by atoms with Crippen molar-refractivity contribution in [2.45, 2.75) is 41.9 Å². The lowest BCUT2D eigenvalue weighted by Gasteiger charge is -2.22. The molecule has 1 aromatic heterocycles. The van der Waals surface area contributed by atoms with Crippen molar-refractivity contribution in [2.75, 3.05) is 39.6 Å². The first-order valence-corrected chi connectivity index (χ1v) is 12.9. The Morgan fingerprint density at radius 1 is 0.893 bits per heavy atom. The van der Waals surface area contributed by atoms with Crippen molar-refractivity contribution in [1.29, 1.82) is 0 Å². The molecule has 1 atom stereocenters. The predicted molar refractivity (Wildman–Crippen MR) is 119 cm³/mol. The van der Waals surface area contributed by atoms with E-state index in [1.54, 1.807) is 0 Å². The Hall–Kier alpha value is -0.000000000000000111. The van der Waals surface area contributed by atoms with Crippen molar-refractivity contribution in [3.8, 4) is 0 Å². The minimum atomic E-state index is -0.0345. The molecule has 5 nitrogen and oxygen atoms in total. The molecule has 1 unspecified atom stereocenters. The molecule has 0 radical (unpaired) electrons. The monoisotopic (exact) mass is 459 g/mol. The van der Waals surface area contributed by atoms with Gasteiger partial charge in [0.2, 0.25) is 0 Å². The summed E-state index contributed by atoms with van der Waals surface area (Å²) in [6.07, 6.45) is 7.75. The largest absolute Gasteiger partial charge is 0.377 e. The molecule has 4 rings (SSSR count). The Balaban J connectivity index is 1.03. The van der Waals surface area contributed by atoms with Crippen molar-refractivity contribution in [1.82, 2.24) is 4.57 Å². The molecule has 1 aromatic rings. The molecule has 4 heterocycles. The summed E-state index contributed by atoms with van der Waals surface area (Å²) in [5.74, 6) is 0. The van der Waals surface area contributed by atoms with Gasteiger partial charge in [0.15, 0.2) is 6.29 Å². The van der Waals surface area contributed by atoms with Crippen molar-refractivity contribution >= 4 is 47.0 Å². The molecule has 1 saturated heterocycles. The van der Waals surface area contributed by atoms with Crippen LogP contribution in [0.4, 0.5) is 0 Å². The normalized spacial score (nSPS) is 21.6. The van der Waals surface area contributed by atoms with Crippen LogP contribution in [0.2, 0.25) is 0 Å². The van der Waals surface area contributed by atoms with Crippen molar-refractivity contribution < 1.29 is 18.9 Å². The van der Waals surface area contributed by atoms with Gasteiger partial charge in [-0.1, -0.05) is 47.0 Å². The Morgan fingerprint density at radius 3 is 2.32 bits per heavy atom. The van der Waals surface area contributed by atoms with Gasteiger partial charge in [-0.05, 0) is 30.1 Å². The molecule has 3 aliphatic heterocycles. The van der Waals surface area contributed by atoms with E-state index in [9.17, 15) is 0 Å². The molecule has 9 heteroatoms. The molecule has 0 N–H and O–H groups in total. The molecule has 0 amide bonds. The van der Waals surface area contributed by atoms with Gasteiger partial charge in [-0.15, -0.1) is 0 Å². The highest BCUT2D eigenvalue weighted by atomic mass is 32.2. The summed E-state index contributed by atoms with van der Waals surface area (Å²) in [7, 11) is 0. The van der Waals surface area contributed by atoms with Crippen molar-refractivity contribution in [2.24, 2.45) is 0 Å². The van der Waals surface area contributed by atoms with Gasteiger partial charge in [-0.25, -0.2) is 0 Å². The molecule has 154 valence electrons. The second-order valence-electron chi connectivity index (χ2n) is 6.40. The van der Waals surface area contributed by atoms with E-state index in [2.05, 4.69) is 27.8 Å². The van der Waals surface area contributed by atoms with E-state index >= 15 is 0 Å². The SMILES string of the molecule is C1=CSC(=C2Sc3cn(CCOCCOCCOC4CCCCO4)cc3S2)S1. The third-order valence-corrected chi connectivity index (χ3v) is 9.47. The second-order valence-corrected chi connectivity index (χ2v) is 10.9. The predicted octanol–water partition coefficient (Wildman–Crippen LogP) is 5.34. The summed E-state index contributed by atoms with van der Waals surface area (Å²) < 4.78 is 27.4. The zero-order valence-corrected chi connectivity index (χ0v) is 18.9. The standard InChI is InChI=1S/C19H25NO4S4/c1-2-5-23-17(3-1)24-10-9-22-8-7-21-6-4-20-13-15-16(14-20)28-19(27-15)18-25-11-12-26-18/h11-14,17H,1-10H2. The third kappa shape index (κ3) is 6.25. The topological polar surface area (TPSA) is 41.9 Å². The van der Waals surface area contributed by atoms with E-state index in [-0.39, 0.29) is 6.29 Å². The van der Waals surface area contributed by atoms with Crippen LogP contribution in [0.5, 0.6) is 0 Å². The maximum atomic E-state index is 5.69. The summed E-state index contributed by atoms with van der Waals surface area (Å²) in [6.45, 7) is 4.77. The smallest absolute Gasteiger partial charge is 0.157 e. The number of rotatable bonds is 10. The molecule has 0 bridgehead atoms. The first-order chi connectivity index (χ1) is 13.9. The van der Waals surface area contributed by atoms with Gasteiger partial charge in [0.25, 0.3) is 0 Å². The van der Waals surface area contributed by atoms with E-state index in [1.807, 2.05) is 47.0 Å². The minimum absolute atomic E-state index is 0.0345. The van der Waals surface area contributed by atoms with Gasteiger partial charge < -0.3 is 23.5 Å². The highest BCUT2D eigenvalue weighted by Crippen LogP contribution is 2.57. The van der Waals surface area contributed by atoms with E-state index in [1.165, 1.54) is 24.7 Å². The van der Waals surface area contributed by atoms with Gasteiger partial charge in [0.05, 0.1) is 41.5 Å². The van der Waals surface area contributed by atoms with Gasteiger partial charge in [0.1, 0.15) is 0 Å². The Labute approximate surface area is 183 Å². The minimum Gasteiger partial charge on any atom is -0.377 e. The van der Waals surface area contributed by atoms with Gasteiger partial charge in [-0.3, -0.25) is 0 Å². The van der Waals surface area contributed by atoms with E-state index in [4.69, 9.17) is 18.9 Å². The Kier molecular flexibility index (Phi) is 8.65. The van der Waals surface area contributed by atoms with Gasteiger partial charge in [-0.2, -0.15) is 0 Å². The van der Waals surface area contributed by atoms with Crippen LogP contribution >= 0.6 is 47.0 Å². The highest BCUT2D eigenvalue weighted by Gasteiger charge is 2.24. The number of ether oxygens (including phenoxy) is 4. The number of aromatic nitrogens is 1. The van der Waals surface area contributed by atoms with Crippen LogP contribution in [0.1, 0.15) is 19.3 Å². The summed E-state index contributed by atoms with van der Waals surface area (Å²) >= 11 is 7.39. The fraction of sp³-hybridized carbons (Fsp3) is 0.579. The number of hydrogen-bond donors (Lipinski definition) is 0. The maximum Gasteiger partial charge on any atom is 0.157 e. The average molecular weight is 460 g/mol. The zero-order chi connectivity index (χ0) is 19.0. The number of fused-ring (bicyclic) bond motifs is 1. The first kappa shape index (κ1) is 21.2. The lowest BCUT2D eigenvalue weighted by molar-refractivity contribution is -0.169. The Morgan fingerprint density at radius 2 is 1.61 bits per heavy atom. The van der Waals surface area contributed by atoms with Crippen LogP contribution in [-0.4, -0.2) is 50.5 Å². The summed E-state index contributed by atoms with van der Waals surface area (Å²) in [6, 6.07) is 0. The van der Waals surface area contributed by atoms with Crippen LogP contribution in [-0.2, 0) is 25.5 Å². The Bertz CT molecular complexity index is 665. The first-order valence-electron chi connectivity index (χ1n) is 9.55. The second kappa shape index (κ2) is 11.4. The van der Waals surface area contributed by atoms with Crippen LogP contribution in [0.25, 0.3) is 0 Å². The molecule has 0 aromatic carbocycles. The average Bonchev–Trinajstić information content (AvgIpc) is 3.43. The summed E-state index contributed by atoms with van der Waals surface area (Å²) in [4.78, 5) is 2.71. The third-order valence-electron chi connectivity index (χ3n) is 4.32. The molecule has 0 saturated carbocycles. The highest BCUT2D eigenvalue weighted by molar-refractivity contribution is 8.32. The van der Waals surface area contributed by atoms with Crippen LogP contribution in [0, 0.1) is 0 Å². The van der Waals surface area contributed by atoms with Crippen molar-refractivity contribution in [3.05, 3.63) is 31.7 Å². The molecular formula is C19H25NO4S4. The van der Waals surface area contributed by atoms with E-state index in [0.717, 1.165) is 26.0 Å². The van der Waals surface area contributed by atoms with Crippen molar-refractivity contribution in [3.63, 3.8) is 0 Å². The number of nitrogens with zero attached hydrogens (tertiary/aromatic N) is 1. The van der Waals surface area contributed by atoms with Crippen LogP contribution in [0.3, 0.4) is 0 Å². The summed E-state index contributed by atoms with van der Waals surface area (Å²) in [5, 5.41) is 4.30. The number of thioether (sulfide) groups is 4. The lowest BCUT2D eigenvalue weighted by Crippen LogP contribution is -2.24. The maximum absolute atomic E-state index is 5.69. The fourth-order valence-electron chi connectivity index (χ4n) is 2.93. The van der Waals surface area contributed by atoms with Gasteiger partial charge in [0, 0.05) is 35.3 Å².